The Labute approximate surface area is 108 Å². The van der Waals surface area contributed by atoms with Crippen molar-refractivity contribution < 1.29 is 9.53 Å². The summed E-state index contributed by atoms with van der Waals surface area (Å²) in [5.74, 6) is -0.348. The van der Waals surface area contributed by atoms with Gasteiger partial charge in [0.1, 0.15) is 0 Å². The highest BCUT2D eigenvalue weighted by molar-refractivity contribution is 9.10. The summed E-state index contributed by atoms with van der Waals surface area (Å²) < 4.78 is 5.74. The molecule has 0 fully saturated rings. The zero-order valence-electron chi connectivity index (χ0n) is 9.09. The van der Waals surface area contributed by atoms with Crippen molar-refractivity contribution in [1.82, 2.24) is 0 Å². The first-order valence-electron chi connectivity index (χ1n) is 4.85. The van der Waals surface area contributed by atoms with Crippen LogP contribution in [0.2, 0.25) is 5.02 Å². The molecular weight excluding hydrogens is 291 g/mol. The lowest BCUT2D eigenvalue weighted by atomic mass is 10.1. The second-order valence-electron chi connectivity index (χ2n) is 3.20. The van der Waals surface area contributed by atoms with E-state index < -0.39 is 0 Å². The monoisotopic (exact) mass is 302 g/mol. The highest BCUT2D eigenvalue weighted by Gasteiger charge is 2.05. The van der Waals surface area contributed by atoms with Crippen LogP contribution in [0.4, 0.5) is 0 Å². The predicted molar refractivity (Wildman–Crippen MR) is 69.4 cm³/mol. The van der Waals surface area contributed by atoms with Gasteiger partial charge in [-0.2, -0.15) is 0 Å². The van der Waals surface area contributed by atoms with Crippen LogP contribution in [0.1, 0.15) is 19.4 Å². The molecule has 0 radical (unpaired) electrons. The summed E-state index contributed by atoms with van der Waals surface area (Å²) in [5, 5.41) is 0.604. The summed E-state index contributed by atoms with van der Waals surface area (Å²) in [7, 11) is 0. The number of allylic oxidation sites excluding steroid dienone is 1. The maximum Gasteiger partial charge on any atom is 0.331 e. The van der Waals surface area contributed by atoms with E-state index in [1.807, 2.05) is 19.1 Å². The molecule has 0 aliphatic carbocycles. The molecule has 1 rings (SSSR count). The molecule has 0 amide bonds. The molecule has 0 bridgehead atoms. The van der Waals surface area contributed by atoms with Crippen LogP contribution >= 0.6 is 27.5 Å². The van der Waals surface area contributed by atoms with Crippen LogP contribution in [0, 0.1) is 0 Å². The molecule has 0 unspecified atom stereocenters. The van der Waals surface area contributed by atoms with Crippen molar-refractivity contribution in [2.24, 2.45) is 0 Å². The molecule has 0 aromatic heterocycles. The summed E-state index contributed by atoms with van der Waals surface area (Å²) in [6.45, 7) is 3.97. The third-order valence-electron chi connectivity index (χ3n) is 1.98. The summed E-state index contributed by atoms with van der Waals surface area (Å²) >= 11 is 9.39. The number of rotatable bonds is 3. The highest BCUT2D eigenvalue weighted by atomic mass is 79.9. The van der Waals surface area contributed by atoms with Gasteiger partial charge < -0.3 is 4.74 Å². The first kappa shape index (κ1) is 13.3. The van der Waals surface area contributed by atoms with Crippen molar-refractivity contribution in [1.29, 1.82) is 0 Å². The number of hydrogen-bond donors (Lipinski definition) is 0. The Bertz CT molecular complexity index is 427. The van der Waals surface area contributed by atoms with Crippen molar-refractivity contribution in [3.8, 4) is 0 Å². The fraction of sp³-hybridized carbons (Fsp3) is 0.250. The summed E-state index contributed by atoms with van der Waals surface area (Å²) in [6, 6.07) is 5.53. The summed E-state index contributed by atoms with van der Waals surface area (Å²) in [5.41, 5.74) is 1.62. The fourth-order valence-corrected chi connectivity index (χ4v) is 2.07. The maximum atomic E-state index is 11.3. The van der Waals surface area contributed by atoms with E-state index in [9.17, 15) is 4.79 Å². The van der Waals surface area contributed by atoms with Crippen molar-refractivity contribution in [2.75, 3.05) is 6.61 Å². The molecule has 0 saturated carbocycles. The number of esters is 1. The van der Waals surface area contributed by atoms with Crippen LogP contribution in [0.5, 0.6) is 0 Å². The van der Waals surface area contributed by atoms with Gasteiger partial charge in [-0.05, 0) is 37.1 Å². The van der Waals surface area contributed by atoms with Crippen LogP contribution in [0.3, 0.4) is 0 Å². The first-order chi connectivity index (χ1) is 7.54. The second kappa shape index (κ2) is 6.06. The third kappa shape index (κ3) is 3.65. The minimum atomic E-state index is -0.348. The normalized spacial score (nSPS) is 11.4. The highest BCUT2D eigenvalue weighted by Crippen LogP contribution is 2.26. The van der Waals surface area contributed by atoms with Crippen LogP contribution in [-0.2, 0) is 9.53 Å². The molecule has 0 atom stereocenters. The van der Waals surface area contributed by atoms with Gasteiger partial charge >= 0.3 is 5.97 Å². The molecule has 0 heterocycles. The van der Waals surface area contributed by atoms with E-state index in [-0.39, 0.29) is 5.97 Å². The SMILES string of the molecule is CCOC(=O)/C=C(/C)c1ccc(Br)cc1Cl. The van der Waals surface area contributed by atoms with E-state index in [1.54, 1.807) is 13.0 Å². The Balaban J connectivity index is 2.96. The lowest BCUT2D eigenvalue weighted by Gasteiger charge is -2.05. The molecular formula is C12H12BrClO2. The van der Waals surface area contributed by atoms with Gasteiger partial charge in [0.25, 0.3) is 0 Å². The van der Waals surface area contributed by atoms with Gasteiger partial charge in [-0.25, -0.2) is 4.79 Å². The van der Waals surface area contributed by atoms with Crippen molar-refractivity contribution in [3.63, 3.8) is 0 Å². The van der Waals surface area contributed by atoms with Crippen LogP contribution in [0.25, 0.3) is 5.57 Å². The van der Waals surface area contributed by atoms with Gasteiger partial charge in [0.2, 0.25) is 0 Å². The number of carbonyl (C=O) groups is 1. The summed E-state index contributed by atoms with van der Waals surface area (Å²) in [6.07, 6.45) is 1.44. The predicted octanol–water partition coefficient (Wildman–Crippen LogP) is 4.07. The van der Waals surface area contributed by atoms with Crippen LogP contribution in [-0.4, -0.2) is 12.6 Å². The average Bonchev–Trinajstić information content (AvgIpc) is 2.17. The molecule has 16 heavy (non-hydrogen) atoms. The number of hydrogen-bond acceptors (Lipinski definition) is 2. The Morgan fingerprint density at radius 2 is 2.25 bits per heavy atom. The Hall–Kier alpha value is -0.800. The van der Waals surface area contributed by atoms with E-state index in [0.29, 0.717) is 11.6 Å². The third-order valence-corrected chi connectivity index (χ3v) is 2.78. The molecule has 4 heteroatoms. The molecule has 0 spiro atoms. The number of halogens is 2. The van der Waals surface area contributed by atoms with Crippen molar-refractivity contribution in [3.05, 3.63) is 39.3 Å². The van der Waals surface area contributed by atoms with E-state index in [4.69, 9.17) is 16.3 Å². The van der Waals surface area contributed by atoms with Gasteiger partial charge in [0.15, 0.2) is 0 Å². The number of benzene rings is 1. The van der Waals surface area contributed by atoms with Crippen molar-refractivity contribution in [2.45, 2.75) is 13.8 Å². The molecule has 2 nitrogen and oxygen atoms in total. The lowest BCUT2D eigenvalue weighted by molar-refractivity contribution is -0.137. The molecule has 1 aromatic rings. The average molecular weight is 304 g/mol. The number of ether oxygens (including phenoxy) is 1. The van der Waals surface area contributed by atoms with Gasteiger partial charge in [-0.1, -0.05) is 33.6 Å². The van der Waals surface area contributed by atoms with Gasteiger partial charge in [-0.15, -0.1) is 0 Å². The molecule has 0 aliphatic heterocycles. The van der Waals surface area contributed by atoms with Gasteiger partial charge in [0, 0.05) is 15.6 Å². The Kier molecular flexibility index (Phi) is 5.03. The topological polar surface area (TPSA) is 26.3 Å². The molecule has 0 saturated heterocycles. The van der Waals surface area contributed by atoms with Gasteiger partial charge in [-0.3, -0.25) is 0 Å². The Morgan fingerprint density at radius 3 is 2.81 bits per heavy atom. The van der Waals surface area contributed by atoms with E-state index in [2.05, 4.69) is 15.9 Å². The second-order valence-corrected chi connectivity index (χ2v) is 4.53. The molecule has 0 N–H and O–H groups in total. The number of carbonyl (C=O) groups excluding carboxylic acids is 1. The minimum absolute atomic E-state index is 0.348. The quantitative estimate of drug-likeness (QED) is 0.621. The maximum absolute atomic E-state index is 11.3. The van der Waals surface area contributed by atoms with Crippen molar-refractivity contribution >= 4 is 39.1 Å². The largest absolute Gasteiger partial charge is 0.463 e. The zero-order chi connectivity index (χ0) is 12.1. The van der Waals surface area contributed by atoms with E-state index in [1.165, 1.54) is 6.08 Å². The molecule has 0 aliphatic rings. The summed E-state index contributed by atoms with van der Waals surface area (Å²) in [4.78, 5) is 11.3. The van der Waals surface area contributed by atoms with E-state index in [0.717, 1.165) is 15.6 Å². The van der Waals surface area contributed by atoms with Crippen LogP contribution in [0.15, 0.2) is 28.7 Å². The van der Waals surface area contributed by atoms with Gasteiger partial charge in [0.05, 0.1) is 6.61 Å². The lowest BCUT2D eigenvalue weighted by Crippen LogP contribution is -2.00. The zero-order valence-corrected chi connectivity index (χ0v) is 11.4. The standard InChI is InChI=1S/C12H12BrClO2/c1-3-16-12(15)6-8(2)10-5-4-9(13)7-11(10)14/h4-7H,3H2,1-2H3/b8-6-. The van der Waals surface area contributed by atoms with Crippen LogP contribution < -0.4 is 0 Å². The molecule has 1 aromatic carbocycles. The smallest absolute Gasteiger partial charge is 0.331 e. The molecule has 86 valence electrons. The first-order valence-corrected chi connectivity index (χ1v) is 6.02. The van der Waals surface area contributed by atoms with E-state index >= 15 is 0 Å². The Morgan fingerprint density at radius 1 is 1.56 bits per heavy atom. The fourth-order valence-electron chi connectivity index (χ4n) is 1.25. The minimum Gasteiger partial charge on any atom is -0.463 e.